The van der Waals surface area contributed by atoms with Crippen molar-refractivity contribution in [2.24, 2.45) is 5.41 Å². The summed E-state index contributed by atoms with van der Waals surface area (Å²) in [7, 11) is 0. The molecule has 0 aromatic carbocycles. The molecule has 0 saturated heterocycles. The molecule has 1 N–H and O–H groups in total. The Balaban J connectivity index is 1.52. The maximum absolute atomic E-state index is 4.26. The molecule has 1 aromatic rings. The molecule has 0 radical (unpaired) electrons. The number of hydrogen-bond donors (Lipinski definition) is 1. The quantitative estimate of drug-likeness (QED) is 0.824. The molecule has 16 heavy (non-hydrogen) atoms. The van der Waals surface area contributed by atoms with E-state index in [4.69, 9.17) is 0 Å². The van der Waals surface area contributed by atoms with E-state index in [9.17, 15) is 0 Å². The van der Waals surface area contributed by atoms with E-state index in [2.05, 4.69) is 21.8 Å². The summed E-state index contributed by atoms with van der Waals surface area (Å²) >= 11 is 0. The molecule has 2 aliphatic carbocycles. The second-order valence-corrected chi connectivity index (χ2v) is 5.79. The van der Waals surface area contributed by atoms with E-state index in [0.29, 0.717) is 5.41 Å². The molecule has 3 rings (SSSR count). The van der Waals surface area contributed by atoms with Gasteiger partial charge in [-0.15, -0.1) is 0 Å². The highest BCUT2D eigenvalue weighted by Gasteiger charge is 2.31. The minimum Gasteiger partial charge on any atom is -0.330 e. The van der Waals surface area contributed by atoms with Gasteiger partial charge in [0.25, 0.3) is 0 Å². The summed E-state index contributed by atoms with van der Waals surface area (Å²) in [5.74, 6) is 0. The zero-order chi connectivity index (χ0) is 11.0. The summed E-state index contributed by atoms with van der Waals surface area (Å²) in [4.78, 5) is 4.26. The SMILES string of the molecule is CC1(CNCc2cncn2C2CC2)CCC1. The summed E-state index contributed by atoms with van der Waals surface area (Å²) in [5, 5.41) is 3.59. The van der Waals surface area contributed by atoms with Crippen LogP contribution in [0.2, 0.25) is 0 Å². The van der Waals surface area contributed by atoms with Crippen LogP contribution >= 0.6 is 0 Å². The minimum absolute atomic E-state index is 0.574. The molecule has 1 aromatic heterocycles. The summed E-state index contributed by atoms with van der Waals surface area (Å²) in [5.41, 5.74) is 1.93. The summed E-state index contributed by atoms with van der Waals surface area (Å²) in [6.45, 7) is 4.52. The maximum Gasteiger partial charge on any atom is 0.0951 e. The molecular weight excluding hydrogens is 198 g/mol. The topological polar surface area (TPSA) is 29.9 Å². The molecule has 3 heteroatoms. The normalized spacial score (nSPS) is 23.1. The van der Waals surface area contributed by atoms with Crippen molar-refractivity contribution in [1.82, 2.24) is 14.9 Å². The number of imidazole rings is 1. The van der Waals surface area contributed by atoms with Crippen LogP contribution in [0.1, 0.15) is 50.8 Å². The van der Waals surface area contributed by atoms with Crippen LogP contribution in [-0.4, -0.2) is 16.1 Å². The van der Waals surface area contributed by atoms with Crippen LogP contribution in [0.5, 0.6) is 0 Å². The lowest BCUT2D eigenvalue weighted by Crippen LogP contribution is -2.37. The molecule has 0 amide bonds. The van der Waals surface area contributed by atoms with Crippen molar-refractivity contribution in [1.29, 1.82) is 0 Å². The molecule has 2 fully saturated rings. The monoisotopic (exact) mass is 219 g/mol. The van der Waals surface area contributed by atoms with Gasteiger partial charge in [0, 0.05) is 25.3 Å². The van der Waals surface area contributed by atoms with E-state index in [1.165, 1.54) is 37.8 Å². The maximum atomic E-state index is 4.26. The van der Waals surface area contributed by atoms with Crippen molar-refractivity contribution < 1.29 is 0 Å². The van der Waals surface area contributed by atoms with Crippen molar-refractivity contribution in [3.8, 4) is 0 Å². The number of nitrogens with zero attached hydrogens (tertiary/aromatic N) is 2. The molecule has 0 spiro atoms. The second kappa shape index (κ2) is 3.88. The van der Waals surface area contributed by atoms with Crippen molar-refractivity contribution in [3.63, 3.8) is 0 Å². The lowest BCUT2D eigenvalue weighted by molar-refractivity contribution is 0.156. The van der Waals surface area contributed by atoms with Gasteiger partial charge < -0.3 is 9.88 Å². The zero-order valence-corrected chi connectivity index (χ0v) is 10.1. The third-order valence-corrected chi connectivity index (χ3v) is 4.11. The fraction of sp³-hybridized carbons (Fsp3) is 0.769. The van der Waals surface area contributed by atoms with Gasteiger partial charge in [-0.2, -0.15) is 0 Å². The number of hydrogen-bond acceptors (Lipinski definition) is 2. The summed E-state index contributed by atoms with van der Waals surface area (Å²) in [6.07, 6.45) is 10.9. The van der Waals surface area contributed by atoms with Crippen molar-refractivity contribution in [2.45, 2.75) is 51.6 Å². The van der Waals surface area contributed by atoms with Crippen molar-refractivity contribution in [2.75, 3.05) is 6.54 Å². The average Bonchev–Trinajstić information content (AvgIpc) is 2.97. The van der Waals surface area contributed by atoms with Crippen LogP contribution in [0.3, 0.4) is 0 Å². The Kier molecular flexibility index (Phi) is 2.51. The molecule has 88 valence electrons. The van der Waals surface area contributed by atoms with Gasteiger partial charge in [0.2, 0.25) is 0 Å². The second-order valence-electron chi connectivity index (χ2n) is 5.79. The summed E-state index contributed by atoms with van der Waals surface area (Å²) in [6, 6.07) is 0.749. The van der Waals surface area contributed by atoms with Gasteiger partial charge in [-0.3, -0.25) is 0 Å². The Morgan fingerprint density at radius 2 is 2.31 bits per heavy atom. The predicted molar refractivity (Wildman–Crippen MR) is 64.2 cm³/mol. The first kappa shape index (κ1) is 10.3. The van der Waals surface area contributed by atoms with Crippen LogP contribution in [0.15, 0.2) is 12.5 Å². The highest BCUT2D eigenvalue weighted by molar-refractivity contribution is 5.03. The smallest absolute Gasteiger partial charge is 0.0951 e. The van der Waals surface area contributed by atoms with Gasteiger partial charge in [-0.05, 0) is 31.1 Å². The third kappa shape index (κ3) is 2.01. The van der Waals surface area contributed by atoms with Crippen molar-refractivity contribution >= 4 is 0 Å². The molecule has 1 heterocycles. The Hall–Kier alpha value is -0.830. The zero-order valence-electron chi connectivity index (χ0n) is 10.1. The molecule has 0 bridgehead atoms. The van der Waals surface area contributed by atoms with Gasteiger partial charge >= 0.3 is 0 Å². The molecule has 0 atom stereocenters. The molecule has 2 aliphatic rings. The first-order chi connectivity index (χ1) is 7.77. The highest BCUT2D eigenvalue weighted by Crippen LogP contribution is 2.39. The van der Waals surface area contributed by atoms with Crippen molar-refractivity contribution in [3.05, 3.63) is 18.2 Å². The Labute approximate surface area is 97.3 Å². The summed E-state index contributed by atoms with van der Waals surface area (Å²) < 4.78 is 2.34. The Morgan fingerprint density at radius 3 is 2.94 bits per heavy atom. The van der Waals surface area contributed by atoms with E-state index in [1.807, 2.05) is 12.5 Å². The number of nitrogens with one attached hydrogen (secondary N) is 1. The van der Waals surface area contributed by atoms with Gasteiger partial charge in [0.15, 0.2) is 0 Å². The Morgan fingerprint density at radius 1 is 1.50 bits per heavy atom. The van der Waals surface area contributed by atoms with Crippen LogP contribution in [0, 0.1) is 5.41 Å². The van der Waals surface area contributed by atoms with E-state index >= 15 is 0 Å². The fourth-order valence-corrected chi connectivity index (χ4v) is 2.60. The van der Waals surface area contributed by atoms with Crippen LogP contribution in [-0.2, 0) is 6.54 Å². The van der Waals surface area contributed by atoms with Crippen LogP contribution in [0.25, 0.3) is 0 Å². The molecule has 0 unspecified atom stereocenters. The van der Waals surface area contributed by atoms with Crippen LogP contribution in [0.4, 0.5) is 0 Å². The molecule has 2 saturated carbocycles. The van der Waals surface area contributed by atoms with E-state index < -0.39 is 0 Å². The average molecular weight is 219 g/mol. The highest BCUT2D eigenvalue weighted by atomic mass is 15.1. The first-order valence-electron chi connectivity index (χ1n) is 6.48. The lowest BCUT2D eigenvalue weighted by atomic mass is 9.70. The van der Waals surface area contributed by atoms with Gasteiger partial charge in [0.05, 0.1) is 12.0 Å². The van der Waals surface area contributed by atoms with Gasteiger partial charge in [0.1, 0.15) is 0 Å². The largest absolute Gasteiger partial charge is 0.330 e. The first-order valence-corrected chi connectivity index (χ1v) is 6.48. The molecular formula is C13H21N3. The third-order valence-electron chi connectivity index (χ3n) is 4.11. The predicted octanol–water partition coefficient (Wildman–Crippen LogP) is 2.50. The van der Waals surface area contributed by atoms with E-state index in [-0.39, 0.29) is 0 Å². The van der Waals surface area contributed by atoms with Gasteiger partial charge in [-0.1, -0.05) is 13.3 Å². The number of rotatable bonds is 5. The standard InChI is InChI=1S/C13H21N3/c1-13(5-2-6-13)9-14-7-12-8-15-10-16(12)11-3-4-11/h8,10-11,14H,2-7,9H2,1H3. The van der Waals surface area contributed by atoms with E-state index in [0.717, 1.165) is 19.1 Å². The van der Waals surface area contributed by atoms with Gasteiger partial charge in [-0.25, -0.2) is 4.98 Å². The Bertz CT molecular complexity index is 361. The van der Waals surface area contributed by atoms with Crippen LogP contribution < -0.4 is 5.32 Å². The fourth-order valence-electron chi connectivity index (χ4n) is 2.60. The lowest BCUT2D eigenvalue weighted by Gasteiger charge is -2.38. The van der Waals surface area contributed by atoms with E-state index in [1.54, 1.807) is 0 Å². The molecule has 0 aliphatic heterocycles. The minimum atomic E-state index is 0.574. The molecule has 3 nitrogen and oxygen atoms in total. The number of aromatic nitrogens is 2.